The van der Waals surface area contributed by atoms with Gasteiger partial charge in [-0.05, 0) is 12.1 Å². The number of halogens is 1. The van der Waals surface area contributed by atoms with Crippen molar-refractivity contribution in [3.8, 4) is 0 Å². The first kappa shape index (κ1) is 10.4. The summed E-state index contributed by atoms with van der Waals surface area (Å²) in [5, 5.41) is 16.1. The Bertz CT molecular complexity index is 545. The Balaban J connectivity index is 2.31. The highest BCUT2D eigenvalue weighted by Crippen LogP contribution is 2.10. The molecule has 0 aliphatic rings. The van der Waals surface area contributed by atoms with Gasteiger partial charge in [0.1, 0.15) is 11.3 Å². The van der Waals surface area contributed by atoms with Crippen molar-refractivity contribution in [2.75, 3.05) is 0 Å². The van der Waals surface area contributed by atoms with E-state index in [9.17, 15) is 9.18 Å². The Labute approximate surface area is 90.0 Å². The lowest BCUT2D eigenvalue weighted by atomic mass is 10.2. The Morgan fingerprint density at radius 3 is 2.88 bits per heavy atom. The minimum atomic E-state index is -0.928. The fourth-order valence-corrected chi connectivity index (χ4v) is 1.27. The summed E-state index contributed by atoms with van der Waals surface area (Å²) >= 11 is 0. The van der Waals surface area contributed by atoms with Crippen molar-refractivity contribution >= 4 is 17.0 Å². The van der Waals surface area contributed by atoms with Crippen molar-refractivity contribution in [1.82, 2.24) is 15.2 Å². The van der Waals surface area contributed by atoms with Gasteiger partial charge in [0.15, 0.2) is 5.82 Å². The number of carbonyl (C=O) groups is 1. The van der Waals surface area contributed by atoms with Gasteiger partial charge >= 0.3 is 5.97 Å². The Hall–Kier alpha value is -2.11. The topological polar surface area (TPSA) is 76.0 Å². The number of fused-ring (bicyclic) bond motifs is 1. The summed E-state index contributed by atoms with van der Waals surface area (Å²) < 4.78 is 12.9. The zero-order valence-corrected chi connectivity index (χ0v) is 8.22. The van der Waals surface area contributed by atoms with Crippen LogP contribution in [-0.4, -0.2) is 26.3 Å². The standard InChI is InChI=1S/C10H8FN3O2/c11-6-1-2-7-8(5-6)12-9(14-13-7)3-4-10(15)16/h1-2,5H,3-4H2,(H,15,16). The van der Waals surface area contributed by atoms with Crippen LogP contribution in [0.4, 0.5) is 4.39 Å². The highest BCUT2D eigenvalue weighted by atomic mass is 19.1. The second kappa shape index (κ2) is 4.18. The second-order valence-electron chi connectivity index (χ2n) is 3.25. The minimum Gasteiger partial charge on any atom is -0.481 e. The maximum Gasteiger partial charge on any atom is 0.303 e. The molecule has 5 nitrogen and oxygen atoms in total. The molecular weight excluding hydrogens is 213 g/mol. The van der Waals surface area contributed by atoms with Gasteiger partial charge < -0.3 is 5.11 Å². The van der Waals surface area contributed by atoms with E-state index in [1.165, 1.54) is 18.2 Å². The fraction of sp³-hybridized carbons (Fsp3) is 0.200. The van der Waals surface area contributed by atoms with Crippen molar-refractivity contribution in [3.05, 3.63) is 29.8 Å². The van der Waals surface area contributed by atoms with Crippen LogP contribution < -0.4 is 0 Å². The average Bonchev–Trinajstić information content (AvgIpc) is 2.25. The van der Waals surface area contributed by atoms with Gasteiger partial charge in [-0.1, -0.05) is 0 Å². The van der Waals surface area contributed by atoms with Crippen molar-refractivity contribution < 1.29 is 14.3 Å². The molecule has 0 aliphatic carbocycles. The van der Waals surface area contributed by atoms with E-state index in [0.29, 0.717) is 16.9 Å². The number of hydrogen-bond donors (Lipinski definition) is 1. The Morgan fingerprint density at radius 1 is 1.31 bits per heavy atom. The van der Waals surface area contributed by atoms with Crippen molar-refractivity contribution in [1.29, 1.82) is 0 Å². The second-order valence-corrected chi connectivity index (χ2v) is 3.25. The zero-order valence-electron chi connectivity index (χ0n) is 8.22. The number of hydrogen-bond acceptors (Lipinski definition) is 4. The number of carboxylic acid groups (broad SMARTS) is 1. The fourth-order valence-electron chi connectivity index (χ4n) is 1.27. The molecule has 1 N–H and O–H groups in total. The minimum absolute atomic E-state index is 0.0670. The quantitative estimate of drug-likeness (QED) is 0.842. The monoisotopic (exact) mass is 221 g/mol. The van der Waals surface area contributed by atoms with Crippen LogP contribution in [0.2, 0.25) is 0 Å². The molecule has 1 heterocycles. The molecule has 0 bridgehead atoms. The smallest absolute Gasteiger partial charge is 0.303 e. The molecule has 16 heavy (non-hydrogen) atoms. The third-order valence-corrected chi connectivity index (χ3v) is 2.02. The molecule has 2 aromatic rings. The van der Waals surface area contributed by atoms with E-state index in [1.807, 2.05) is 0 Å². The van der Waals surface area contributed by atoms with Crippen LogP contribution in [0.5, 0.6) is 0 Å². The number of aliphatic carboxylic acids is 1. The van der Waals surface area contributed by atoms with Crippen molar-refractivity contribution in [2.45, 2.75) is 12.8 Å². The normalized spacial score (nSPS) is 10.6. The van der Waals surface area contributed by atoms with Crippen LogP contribution in [0, 0.1) is 5.82 Å². The third-order valence-electron chi connectivity index (χ3n) is 2.02. The first-order valence-electron chi connectivity index (χ1n) is 4.66. The van der Waals surface area contributed by atoms with Gasteiger partial charge in [-0.25, -0.2) is 9.37 Å². The Morgan fingerprint density at radius 2 is 2.12 bits per heavy atom. The molecule has 0 spiro atoms. The van der Waals surface area contributed by atoms with Crippen molar-refractivity contribution in [2.24, 2.45) is 0 Å². The van der Waals surface area contributed by atoms with Gasteiger partial charge in [0, 0.05) is 12.5 Å². The molecule has 0 radical (unpaired) electrons. The summed E-state index contributed by atoms with van der Waals surface area (Å²) in [4.78, 5) is 14.4. The third kappa shape index (κ3) is 2.28. The SMILES string of the molecule is O=C(O)CCc1nnc2ccc(F)cc2n1. The van der Waals surface area contributed by atoms with E-state index in [2.05, 4.69) is 15.2 Å². The van der Waals surface area contributed by atoms with Crippen molar-refractivity contribution in [3.63, 3.8) is 0 Å². The first-order valence-corrected chi connectivity index (χ1v) is 4.66. The molecule has 0 unspecified atom stereocenters. The average molecular weight is 221 g/mol. The largest absolute Gasteiger partial charge is 0.481 e. The number of nitrogens with zero attached hydrogens (tertiary/aromatic N) is 3. The van der Waals surface area contributed by atoms with E-state index >= 15 is 0 Å². The first-order chi connectivity index (χ1) is 7.65. The molecule has 1 aromatic carbocycles. The predicted molar refractivity (Wildman–Crippen MR) is 53.2 cm³/mol. The maximum absolute atomic E-state index is 12.9. The van der Waals surface area contributed by atoms with Crippen LogP contribution in [0.1, 0.15) is 12.2 Å². The van der Waals surface area contributed by atoms with Crippen LogP contribution in [-0.2, 0) is 11.2 Å². The molecule has 0 aliphatic heterocycles. The van der Waals surface area contributed by atoms with Crippen LogP contribution >= 0.6 is 0 Å². The number of rotatable bonds is 3. The summed E-state index contributed by atoms with van der Waals surface area (Å²) in [5.74, 6) is -1.03. The summed E-state index contributed by atoms with van der Waals surface area (Å²) in [5.41, 5.74) is 0.871. The lowest BCUT2D eigenvalue weighted by Crippen LogP contribution is -2.03. The summed E-state index contributed by atoms with van der Waals surface area (Å²) in [7, 11) is 0. The number of aromatic nitrogens is 3. The van der Waals surface area contributed by atoms with Crippen LogP contribution in [0.25, 0.3) is 11.0 Å². The van der Waals surface area contributed by atoms with E-state index < -0.39 is 11.8 Å². The molecular formula is C10H8FN3O2. The summed E-state index contributed by atoms with van der Waals surface area (Å²) in [6, 6.07) is 4.00. The molecule has 6 heteroatoms. The van der Waals surface area contributed by atoms with E-state index in [0.717, 1.165) is 0 Å². The van der Waals surface area contributed by atoms with Gasteiger partial charge in [0.2, 0.25) is 0 Å². The van der Waals surface area contributed by atoms with Gasteiger partial charge in [0.05, 0.1) is 11.9 Å². The molecule has 0 saturated heterocycles. The number of benzene rings is 1. The molecule has 0 saturated carbocycles. The molecule has 82 valence electrons. The number of aryl methyl sites for hydroxylation is 1. The van der Waals surface area contributed by atoms with Gasteiger partial charge in [0.25, 0.3) is 0 Å². The zero-order chi connectivity index (χ0) is 11.5. The highest BCUT2D eigenvalue weighted by molar-refractivity contribution is 5.73. The molecule has 0 amide bonds. The van der Waals surface area contributed by atoms with Gasteiger partial charge in [-0.15, -0.1) is 10.2 Å². The van der Waals surface area contributed by atoms with Crippen LogP contribution in [0.3, 0.4) is 0 Å². The maximum atomic E-state index is 12.9. The van der Waals surface area contributed by atoms with Gasteiger partial charge in [-0.2, -0.15) is 0 Å². The predicted octanol–water partition coefficient (Wildman–Crippen LogP) is 1.18. The summed E-state index contributed by atoms with van der Waals surface area (Å²) in [6.07, 6.45) is 0.122. The van der Waals surface area contributed by atoms with Crippen LogP contribution in [0.15, 0.2) is 18.2 Å². The summed E-state index contributed by atoms with van der Waals surface area (Å²) in [6.45, 7) is 0. The number of carboxylic acids is 1. The van der Waals surface area contributed by atoms with E-state index in [4.69, 9.17) is 5.11 Å². The highest BCUT2D eigenvalue weighted by Gasteiger charge is 2.05. The van der Waals surface area contributed by atoms with Gasteiger partial charge in [-0.3, -0.25) is 4.79 Å². The molecule has 0 atom stereocenters. The van der Waals surface area contributed by atoms with E-state index in [-0.39, 0.29) is 12.8 Å². The van der Waals surface area contributed by atoms with E-state index in [1.54, 1.807) is 0 Å². The Kier molecular flexibility index (Phi) is 2.72. The lowest BCUT2D eigenvalue weighted by molar-refractivity contribution is -0.137. The lowest BCUT2D eigenvalue weighted by Gasteiger charge is -1.99. The molecule has 0 fully saturated rings. The molecule has 2 rings (SSSR count). The molecule has 1 aromatic heterocycles.